The van der Waals surface area contributed by atoms with Crippen LogP contribution in [0.2, 0.25) is 0 Å². The Kier molecular flexibility index (Phi) is 4.13. The zero-order chi connectivity index (χ0) is 19.2. The summed E-state index contributed by atoms with van der Waals surface area (Å²) in [5.74, 6) is 0. The van der Waals surface area contributed by atoms with Crippen LogP contribution in [-0.2, 0) is 9.31 Å². The van der Waals surface area contributed by atoms with Gasteiger partial charge < -0.3 is 14.6 Å². The molecule has 1 aromatic heterocycles. The second-order valence-electron chi connectivity index (χ2n) is 7.93. The number of nitrogens with one attached hydrogen (secondary N) is 1. The first-order chi connectivity index (χ1) is 12.7. The molecule has 3 aromatic rings. The van der Waals surface area contributed by atoms with Gasteiger partial charge in [0.25, 0.3) is 0 Å². The predicted molar refractivity (Wildman–Crippen MR) is 109 cm³/mol. The zero-order valence-corrected chi connectivity index (χ0v) is 16.0. The molecule has 0 bridgehead atoms. The van der Waals surface area contributed by atoms with Gasteiger partial charge in [0.05, 0.1) is 11.2 Å². The van der Waals surface area contributed by atoms with Gasteiger partial charge in [-0.15, -0.1) is 0 Å². The monoisotopic (exact) mass is 362 g/mol. The summed E-state index contributed by atoms with van der Waals surface area (Å²) in [5, 5.41) is 4.97. The van der Waals surface area contributed by atoms with Crippen LogP contribution in [0.1, 0.15) is 27.7 Å². The number of rotatable bonds is 2. The molecule has 5 nitrogen and oxygen atoms in total. The van der Waals surface area contributed by atoms with E-state index >= 15 is 0 Å². The standard InChI is InChI=1S/C21H23BN2O3/c1-20(2)21(3,4)27-22(26-20)17-9-11-18(12-10-17)23-19(25)24-13-15-7-5-6-8-16(15)14-24/h5-14H,1-4H3,(H,23,25). The molecule has 0 saturated carbocycles. The minimum Gasteiger partial charge on any atom is -0.399 e. The number of amides is 1. The van der Waals surface area contributed by atoms with E-state index in [0.29, 0.717) is 0 Å². The minimum absolute atomic E-state index is 0.199. The van der Waals surface area contributed by atoms with Crippen molar-refractivity contribution in [1.29, 1.82) is 0 Å². The Morgan fingerprint density at radius 2 is 1.41 bits per heavy atom. The summed E-state index contributed by atoms with van der Waals surface area (Å²) in [6, 6.07) is 15.3. The summed E-state index contributed by atoms with van der Waals surface area (Å²) in [5.41, 5.74) is 0.901. The smallest absolute Gasteiger partial charge is 0.399 e. The number of hydrogen-bond donors (Lipinski definition) is 1. The van der Waals surface area contributed by atoms with Crippen LogP contribution in [0, 0.1) is 0 Å². The first-order valence-electron chi connectivity index (χ1n) is 9.09. The predicted octanol–water partition coefficient (Wildman–Crippen LogP) is 4.02. The molecule has 0 atom stereocenters. The largest absolute Gasteiger partial charge is 0.494 e. The maximum atomic E-state index is 12.5. The topological polar surface area (TPSA) is 52.5 Å². The van der Waals surface area contributed by atoms with Crippen LogP contribution < -0.4 is 10.8 Å². The van der Waals surface area contributed by atoms with Crippen molar-refractivity contribution >= 4 is 35.1 Å². The van der Waals surface area contributed by atoms with Gasteiger partial charge in [-0.25, -0.2) is 4.79 Å². The van der Waals surface area contributed by atoms with E-state index in [-0.39, 0.29) is 17.2 Å². The summed E-state index contributed by atoms with van der Waals surface area (Å²) >= 11 is 0. The van der Waals surface area contributed by atoms with Crippen LogP contribution >= 0.6 is 0 Å². The fourth-order valence-corrected chi connectivity index (χ4v) is 3.09. The van der Waals surface area contributed by atoms with Gasteiger partial charge in [-0.2, -0.15) is 0 Å². The van der Waals surface area contributed by atoms with Gasteiger partial charge in [-0.1, -0.05) is 36.4 Å². The average molecular weight is 362 g/mol. The van der Waals surface area contributed by atoms with Gasteiger partial charge in [0.15, 0.2) is 0 Å². The van der Waals surface area contributed by atoms with Crippen molar-refractivity contribution in [3.05, 3.63) is 60.9 Å². The highest BCUT2D eigenvalue weighted by atomic mass is 16.7. The Morgan fingerprint density at radius 1 is 0.889 bits per heavy atom. The molecule has 27 heavy (non-hydrogen) atoms. The number of nitrogens with zero attached hydrogens (tertiary/aromatic N) is 1. The quantitative estimate of drug-likeness (QED) is 0.701. The van der Waals surface area contributed by atoms with E-state index < -0.39 is 7.12 Å². The van der Waals surface area contributed by atoms with E-state index in [1.807, 2.05) is 88.6 Å². The van der Waals surface area contributed by atoms with E-state index in [9.17, 15) is 4.79 Å². The lowest BCUT2D eigenvalue weighted by Crippen LogP contribution is -2.41. The molecule has 0 radical (unpaired) electrons. The van der Waals surface area contributed by atoms with Crippen molar-refractivity contribution in [2.75, 3.05) is 5.32 Å². The van der Waals surface area contributed by atoms with E-state index in [2.05, 4.69) is 5.32 Å². The molecule has 0 unspecified atom stereocenters. The van der Waals surface area contributed by atoms with Gasteiger partial charge in [0.2, 0.25) is 0 Å². The van der Waals surface area contributed by atoms with Gasteiger partial charge in [0, 0.05) is 18.1 Å². The van der Waals surface area contributed by atoms with Crippen molar-refractivity contribution in [2.45, 2.75) is 38.9 Å². The molecular weight excluding hydrogens is 339 g/mol. The Labute approximate surface area is 159 Å². The SMILES string of the molecule is CC1(C)OB(c2ccc(NC(=O)n3cc4ccccc4c3)cc2)OC1(C)C. The van der Waals surface area contributed by atoms with Crippen LogP contribution in [0.15, 0.2) is 60.9 Å². The molecule has 1 N–H and O–H groups in total. The molecule has 1 aliphatic heterocycles. The molecule has 1 saturated heterocycles. The summed E-state index contributed by atoms with van der Waals surface area (Å²) in [6.45, 7) is 8.12. The number of aromatic nitrogens is 1. The summed E-state index contributed by atoms with van der Waals surface area (Å²) in [6.07, 6.45) is 3.65. The number of carbonyl (C=O) groups is 1. The average Bonchev–Trinajstić information content (AvgIpc) is 3.14. The molecule has 0 spiro atoms. The highest BCUT2D eigenvalue weighted by molar-refractivity contribution is 6.62. The van der Waals surface area contributed by atoms with Crippen LogP contribution in [0.4, 0.5) is 10.5 Å². The van der Waals surface area contributed by atoms with Crippen molar-refractivity contribution in [2.24, 2.45) is 0 Å². The molecule has 2 heterocycles. The maximum Gasteiger partial charge on any atom is 0.494 e. The van der Waals surface area contributed by atoms with Crippen LogP contribution in [0.5, 0.6) is 0 Å². The van der Waals surface area contributed by atoms with Gasteiger partial charge in [-0.05, 0) is 56.1 Å². The molecule has 138 valence electrons. The number of benzene rings is 2. The molecule has 0 aliphatic carbocycles. The van der Waals surface area contributed by atoms with Crippen molar-refractivity contribution in [3.8, 4) is 0 Å². The third-order valence-electron chi connectivity index (χ3n) is 5.47. The second kappa shape index (κ2) is 6.25. The zero-order valence-electron chi connectivity index (χ0n) is 16.0. The van der Waals surface area contributed by atoms with Crippen LogP contribution in [-0.4, -0.2) is 28.9 Å². The molecular formula is C21H23BN2O3. The number of anilines is 1. The molecule has 6 heteroatoms. The number of carbonyl (C=O) groups excluding carboxylic acids is 1. The Hall–Kier alpha value is -2.57. The highest BCUT2D eigenvalue weighted by Gasteiger charge is 2.51. The highest BCUT2D eigenvalue weighted by Crippen LogP contribution is 2.36. The van der Waals surface area contributed by atoms with E-state index in [1.54, 1.807) is 4.57 Å². The van der Waals surface area contributed by atoms with Gasteiger partial charge in [0.1, 0.15) is 0 Å². The fourth-order valence-electron chi connectivity index (χ4n) is 3.09. The van der Waals surface area contributed by atoms with Crippen molar-refractivity contribution in [3.63, 3.8) is 0 Å². The third kappa shape index (κ3) is 3.26. The van der Waals surface area contributed by atoms with E-state index in [1.165, 1.54) is 0 Å². The normalized spacial score (nSPS) is 18.0. The Morgan fingerprint density at radius 3 is 1.93 bits per heavy atom. The summed E-state index contributed by atoms with van der Waals surface area (Å²) in [7, 11) is -0.408. The summed E-state index contributed by atoms with van der Waals surface area (Å²) < 4.78 is 13.7. The Balaban J connectivity index is 1.47. The third-order valence-corrected chi connectivity index (χ3v) is 5.47. The van der Waals surface area contributed by atoms with Gasteiger partial charge in [-0.3, -0.25) is 4.57 Å². The number of fused-ring (bicyclic) bond motifs is 1. The lowest BCUT2D eigenvalue weighted by atomic mass is 9.79. The van der Waals surface area contributed by atoms with Crippen molar-refractivity contribution < 1.29 is 14.1 Å². The van der Waals surface area contributed by atoms with E-state index in [0.717, 1.165) is 21.9 Å². The second-order valence-corrected chi connectivity index (χ2v) is 7.93. The van der Waals surface area contributed by atoms with Crippen LogP contribution in [0.3, 0.4) is 0 Å². The summed E-state index contributed by atoms with van der Waals surface area (Å²) in [4.78, 5) is 12.5. The number of hydrogen-bond acceptors (Lipinski definition) is 3. The molecule has 2 aromatic carbocycles. The van der Waals surface area contributed by atoms with E-state index in [4.69, 9.17) is 9.31 Å². The van der Waals surface area contributed by atoms with Crippen molar-refractivity contribution in [1.82, 2.24) is 4.57 Å². The molecule has 1 aliphatic rings. The Bertz CT molecular complexity index is 943. The molecule has 1 fully saturated rings. The molecule has 4 rings (SSSR count). The first kappa shape index (κ1) is 17.8. The van der Waals surface area contributed by atoms with Gasteiger partial charge >= 0.3 is 13.1 Å². The first-order valence-corrected chi connectivity index (χ1v) is 9.09. The lowest BCUT2D eigenvalue weighted by molar-refractivity contribution is 0.00578. The fraction of sp³-hybridized carbons (Fsp3) is 0.286. The minimum atomic E-state index is -0.408. The van der Waals surface area contributed by atoms with Crippen LogP contribution in [0.25, 0.3) is 10.8 Å². The lowest BCUT2D eigenvalue weighted by Gasteiger charge is -2.32. The maximum absolute atomic E-state index is 12.5. The molecule has 1 amide bonds.